The maximum absolute atomic E-state index is 4.11. The van der Waals surface area contributed by atoms with Gasteiger partial charge >= 0.3 is 0 Å². The highest BCUT2D eigenvalue weighted by atomic mass is 15.3. The van der Waals surface area contributed by atoms with Gasteiger partial charge in [0.15, 0.2) is 0 Å². The first-order valence-electron chi connectivity index (χ1n) is 4.30. The average Bonchev–Trinajstić information content (AvgIpc) is 2.36. The highest BCUT2D eigenvalue weighted by Gasteiger charge is 2.06. The van der Waals surface area contributed by atoms with Crippen molar-refractivity contribution in [3.63, 3.8) is 0 Å². The minimum Gasteiger partial charge on any atom is -0.310 e. The van der Waals surface area contributed by atoms with E-state index >= 15 is 0 Å². The van der Waals surface area contributed by atoms with Crippen LogP contribution < -0.4 is 5.32 Å². The third-order valence-electron chi connectivity index (χ3n) is 1.56. The molecule has 1 heterocycles. The van der Waals surface area contributed by atoms with Crippen LogP contribution in [0.5, 0.6) is 0 Å². The van der Waals surface area contributed by atoms with Crippen molar-refractivity contribution in [1.29, 1.82) is 0 Å². The number of rotatable bonds is 3. The lowest BCUT2D eigenvalue weighted by Gasteiger charge is -2.20. The van der Waals surface area contributed by atoms with E-state index in [0.29, 0.717) is 0 Å². The van der Waals surface area contributed by atoms with E-state index in [1.54, 1.807) is 6.20 Å². The van der Waals surface area contributed by atoms with Gasteiger partial charge in [0, 0.05) is 24.5 Å². The maximum Gasteiger partial charge on any atom is 0.0534 e. The predicted octanol–water partition coefficient (Wildman–Crippen LogP) is 1.27. The second-order valence-corrected chi connectivity index (χ2v) is 3.95. The average molecular weight is 167 g/mol. The molecule has 0 bridgehead atoms. The molecule has 0 saturated heterocycles. The highest BCUT2D eigenvalue weighted by molar-refractivity contribution is 4.78. The summed E-state index contributed by atoms with van der Waals surface area (Å²) < 4.78 is 1.93. The van der Waals surface area contributed by atoms with E-state index < -0.39 is 0 Å². The first kappa shape index (κ1) is 9.26. The van der Waals surface area contributed by atoms with Gasteiger partial charge in [-0.15, -0.1) is 0 Å². The molecule has 0 unspecified atom stereocenters. The molecule has 0 saturated carbocycles. The van der Waals surface area contributed by atoms with E-state index in [4.69, 9.17) is 0 Å². The summed E-state index contributed by atoms with van der Waals surface area (Å²) in [5, 5.41) is 7.51. The predicted molar refractivity (Wildman–Crippen MR) is 50.0 cm³/mol. The molecule has 1 aromatic rings. The van der Waals surface area contributed by atoms with Crippen LogP contribution in [0.4, 0.5) is 0 Å². The molecule has 0 spiro atoms. The van der Waals surface area contributed by atoms with E-state index in [0.717, 1.165) is 13.1 Å². The molecular formula is C9H17N3. The highest BCUT2D eigenvalue weighted by Crippen LogP contribution is 1.97. The minimum absolute atomic E-state index is 0.202. The second kappa shape index (κ2) is 3.72. The standard InChI is InChI=1S/C9H17N3/c1-9(2,3)10-6-8-12-7-4-5-11-12/h4-5,7,10H,6,8H2,1-3H3. The van der Waals surface area contributed by atoms with E-state index in [1.165, 1.54) is 0 Å². The maximum atomic E-state index is 4.11. The molecule has 0 amide bonds. The van der Waals surface area contributed by atoms with Crippen molar-refractivity contribution in [2.75, 3.05) is 6.54 Å². The third kappa shape index (κ3) is 3.53. The minimum atomic E-state index is 0.202. The summed E-state index contributed by atoms with van der Waals surface area (Å²) in [6.07, 6.45) is 3.78. The lowest BCUT2D eigenvalue weighted by Crippen LogP contribution is -2.37. The van der Waals surface area contributed by atoms with Crippen molar-refractivity contribution in [3.8, 4) is 0 Å². The Bertz CT molecular complexity index is 208. The molecule has 0 aliphatic heterocycles. The second-order valence-electron chi connectivity index (χ2n) is 3.95. The van der Waals surface area contributed by atoms with Gasteiger partial charge in [-0.1, -0.05) is 0 Å². The monoisotopic (exact) mass is 167 g/mol. The van der Waals surface area contributed by atoms with Crippen LogP contribution >= 0.6 is 0 Å². The van der Waals surface area contributed by atoms with Crippen molar-refractivity contribution in [2.24, 2.45) is 0 Å². The van der Waals surface area contributed by atoms with Crippen LogP contribution in [0.2, 0.25) is 0 Å². The Morgan fingerprint density at radius 2 is 2.17 bits per heavy atom. The summed E-state index contributed by atoms with van der Waals surface area (Å²) >= 11 is 0. The summed E-state index contributed by atoms with van der Waals surface area (Å²) in [5.41, 5.74) is 0.202. The fourth-order valence-corrected chi connectivity index (χ4v) is 0.978. The lowest BCUT2D eigenvalue weighted by molar-refractivity contribution is 0.405. The Morgan fingerprint density at radius 3 is 2.67 bits per heavy atom. The zero-order valence-corrected chi connectivity index (χ0v) is 8.04. The van der Waals surface area contributed by atoms with Crippen molar-refractivity contribution >= 4 is 0 Å². The van der Waals surface area contributed by atoms with Crippen molar-refractivity contribution in [3.05, 3.63) is 18.5 Å². The van der Waals surface area contributed by atoms with E-state index in [-0.39, 0.29) is 5.54 Å². The zero-order valence-electron chi connectivity index (χ0n) is 8.04. The van der Waals surface area contributed by atoms with Gasteiger partial charge in [0.25, 0.3) is 0 Å². The fourth-order valence-electron chi connectivity index (χ4n) is 0.978. The Balaban J connectivity index is 2.20. The fraction of sp³-hybridized carbons (Fsp3) is 0.667. The summed E-state index contributed by atoms with van der Waals surface area (Å²) in [6, 6.07) is 1.94. The molecule has 0 atom stereocenters. The number of nitrogens with zero attached hydrogens (tertiary/aromatic N) is 2. The van der Waals surface area contributed by atoms with Gasteiger partial charge < -0.3 is 5.32 Å². The summed E-state index contributed by atoms with van der Waals surface area (Å²) in [4.78, 5) is 0. The molecule has 68 valence electrons. The van der Waals surface area contributed by atoms with Gasteiger partial charge in [-0.25, -0.2) is 0 Å². The van der Waals surface area contributed by atoms with E-state index in [2.05, 4.69) is 31.2 Å². The van der Waals surface area contributed by atoms with Crippen LogP contribution in [0.1, 0.15) is 20.8 Å². The molecule has 1 N–H and O–H groups in total. The molecule has 0 aromatic carbocycles. The number of hydrogen-bond donors (Lipinski definition) is 1. The Labute approximate surface area is 73.8 Å². The normalized spacial score (nSPS) is 11.9. The first-order chi connectivity index (χ1) is 5.58. The van der Waals surface area contributed by atoms with E-state index in [1.807, 2.05) is 16.9 Å². The topological polar surface area (TPSA) is 29.9 Å². The van der Waals surface area contributed by atoms with Crippen molar-refractivity contribution < 1.29 is 0 Å². The summed E-state index contributed by atoms with van der Waals surface area (Å²) in [7, 11) is 0. The number of aromatic nitrogens is 2. The first-order valence-corrected chi connectivity index (χ1v) is 4.30. The van der Waals surface area contributed by atoms with Gasteiger partial charge in [-0.05, 0) is 26.8 Å². The summed E-state index contributed by atoms with van der Waals surface area (Å²) in [5.74, 6) is 0. The molecule has 0 aliphatic rings. The molecule has 12 heavy (non-hydrogen) atoms. The molecular weight excluding hydrogens is 150 g/mol. The Morgan fingerprint density at radius 1 is 1.42 bits per heavy atom. The van der Waals surface area contributed by atoms with Gasteiger partial charge in [0.2, 0.25) is 0 Å². The molecule has 0 radical (unpaired) electrons. The van der Waals surface area contributed by atoms with Crippen LogP contribution in [0.15, 0.2) is 18.5 Å². The van der Waals surface area contributed by atoms with Gasteiger partial charge in [-0.3, -0.25) is 4.68 Å². The van der Waals surface area contributed by atoms with Gasteiger partial charge in [-0.2, -0.15) is 5.10 Å². The van der Waals surface area contributed by atoms with E-state index in [9.17, 15) is 0 Å². The van der Waals surface area contributed by atoms with Crippen LogP contribution in [-0.4, -0.2) is 21.9 Å². The van der Waals surface area contributed by atoms with Crippen molar-refractivity contribution in [1.82, 2.24) is 15.1 Å². The van der Waals surface area contributed by atoms with Crippen LogP contribution in [0.3, 0.4) is 0 Å². The molecule has 0 fully saturated rings. The largest absolute Gasteiger partial charge is 0.310 e. The van der Waals surface area contributed by atoms with Gasteiger partial charge in [0.1, 0.15) is 0 Å². The molecule has 1 aromatic heterocycles. The third-order valence-corrected chi connectivity index (χ3v) is 1.56. The quantitative estimate of drug-likeness (QED) is 0.734. The van der Waals surface area contributed by atoms with Crippen molar-refractivity contribution in [2.45, 2.75) is 32.9 Å². The SMILES string of the molecule is CC(C)(C)NCCn1cccn1. The van der Waals surface area contributed by atoms with Crippen LogP contribution in [0.25, 0.3) is 0 Å². The number of hydrogen-bond acceptors (Lipinski definition) is 2. The zero-order chi connectivity index (χ0) is 9.03. The summed E-state index contributed by atoms with van der Waals surface area (Å²) in [6.45, 7) is 8.39. The molecule has 3 heteroatoms. The molecule has 0 aliphatic carbocycles. The van der Waals surface area contributed by atoms with Crippen LogP contribution in [0, 0.1) is 0 Å². The molecule has 1 rings (SSSR count). The molecule has 3 nitrogen and oxygen atoms in total. The Hall–Kier alpha value is -0.830. The van der Waals surface area contributed by atoms with Gasteiger partial charge in [0.05, 0.1) is 6.54 Å². The number of nitrogens with one attached hydrogen (secondary N) is 1. The lowest BCUT2D eigenvalue weighted by atomic mass is 10.1. The Kier molecular flexibility index (Phi) is 2.87. The van der Waals surface area contributed by atoms with Crippen LogP contribution in [-0.2, 0) is 6.54 Å². The smallest absolute Gasteiger partial charge is 0.0534 e.